The van der Waals surface area contributed by atoms with Gasteiger partial charge in [0.05, 0.1) is 19.7 Å². The smallest absolute Gasteiger partial charge is 0.267 e. The van der Waals surface area contributed by atoms with E-state index in [-0.39, 0.29) is 23.0 Å². The van der Waals surface area contributed by atoms with Crippen molar-refractivity contribution in [2.45, 2.75) is 39.9 Å². The minimum Gasteiger partial charge on any atom is -0.497 e. The van der Waals surface area contributed by atoms with Gasteiger partial charge in [-0.2, -0.15) is 0 Å². The Morgan fingerprint density at radius 1 is 1.21 bits per heavy atom. The SMILES string of the molecule is CCn1c(O)c(C(C)=NCC(c2ccc(OC)cc2)N(C)C)c(=O)n(CC)c1=S. The van der Waals surface area contributed by atoms with Gasteiger partial charge in [0.25, 0.3) is 5.56 Å². The summed E-state index contributed by atoms with van der Waals surface area (Å²) in [4.78, 5) is 19.6. The molecule has 0 radical (unpaired) electrons. The molecule has 0 saturated heterocycles. The number of hydrogen-bond donors (Lipinski definition) is 1. The summed E-state index contributed by atoms with van der Waals surface area (Å²) in [5.74, 6) is 0.670. The molecule has 2 aromatic rings. The summed E-state index contributed by atoms with van der Waals surface area (Å²) in [6.07, 6.45) is 0. The predicted molar refractivity (Wildman–Crippen MR) is 119 cm³/mol. The van der Waals surface area contributed by atoms with Crippen LogP contribution in [0.15, 0.2) is 34.1 Å². The zero-order valence-electron chi connectivity index (χ0n) is 18.0. The average molecular weight is 419 g/mol. The van der Waals surface area contributed by atoms with E-state index in [0.29, 0.717) is 30.1 Å². The van der Waals surface area contributed by atoms with Crippen LogP contribution in [-0.2, 0) is 13.1 Å². The lowest BCUT2D eigenvalue weighted by Gasteiger charge is -2.23. The summed E-state index contributed by atoms with van der Waals surface area (Å²) in [6, 6.07) is 7.86. The molecule has 0 aliphatic carbocycles. The lowest BCUT2D eigenvalue weighted by Crippen LogP contribution is -2.30. The highest BCUT2D eigenvalue weighted by atomic mass is 32.1. The molecule has 7 nitrogen and oxygen atoms in total. The van der Waals surface area contributed by atoms with Crippen molar-refractivity contribution < 1.29 is 9.84 Å². The largest absolute Gasteiger partial charge is 0.497 e. The Hall–Kier alpha value is -2.45. The molecule has 0 saturated carbocycles. The van der Waals surface area contributed by atoms with E-state index in [9.17, 15) is 9.90 Å². The molecular formula is C21H30N4O3S. The molecule has 0 amide bonds. The molecule has 1 heterocycles. The van der Waals surface area contributed by atoms with Crippen LogP contribution in [0.25, 0.3) is 0 Å². The summed E-state index contributed by atoms with van der Waals surface area (Å²) >= 11 is 5.35. The van der Waals surface area contributed by atoms with Crippen LogP contribution in [0.2, 0.25) is 0 Å². The molecule has 0 aliphatic heterocycles. The maximum atomic E-state index is 12.9. The number of ether oxygens (including phenoxy) is 1. The van der Waals surface area contributed by atoms with E-state index in [1.54, 1.807) is 18.6 Å². The summed E-state index contributed by atoms with van der Waals surface area (Å²) in [5.41, 5.74) is 1.47. The number of nitrogens with zero attached hydrogens (tertiary/aromatic N) is 4. The maximum Gasteiger partial charge on any atom is 0.267 e. The van der Waals surface area contributed by atoms with Gasteiger partial charge < -0.3 is 14.7 Å². The molecule has 29 heavy (non-hydrogen) atoms. The predicted octanol–water partition coefficient (Wildman–Crippen LogP) is 3.25. The first-order chi connectivity index (χ1) is 13.8. The second-order valence-electron chi connectivity index (χ2n) is 6.95. The van der Waals surface area contributed by atoms with Crippen LogP contribution < -0.4 is 10.3 Å². The quantitative estimate of drug-likeness (QED) is 0.526. The molecule has 1 atom stereocenters. The van der Waals surface area contributed by atoms with Gasteiger partial charge in [-0.1, -0.05) is 12.1 Å². The first-order valence-corrected chi connectivity index (χ1v) is 10.1. The molecule has 1 unspecified atom stereocenters. The lowest BCUT2D eigenvalue weighted by molar-refractivity contribution is 0.306. The fraction of sp³-hybridized carbons (Fsp3) is 0.476. The van der Waals surface area contributed by atoms with Gasteiger partial charge in [-0.15, -0.1) is 0 Å². The third-order valence-electron chi connectivity index (χ3n) is 5.02. The zero-order valence-corrected chi connectivity index (χ0v) is 18.8. The Labute approximate surface area is 176 Å². The van der Waals surface area contributed by atoms with Crippen LogP contribution >= 0.6 is 12.2 Å². The highest BCUT2D eigenvalue weighted by Gasteiger charge is 2.19. The molecule has 0 fully saturated rings. The highest BCUT2D eigenvalue weighted by Crippen LogP contribution is 2.22. The Bertz CT molecular complexity index is 991. The number of hydrogen-bond acceptors (Lipinski definition) is 6. The van der Waals surface area contributed by atoms with Gasteiger partial charge in [-0.05, 0) is 64.8 Å². The number of aromatic nitrogens is 2. The standard InChI is InChI=1S/C21H30N4O3S/c1-7-24-19(26)18(20(27)25(8-2)21(24)29)14(3)22-13-17(23(4)5)15-9-11-16(28-6)12-10-15/h9-12,17,26H,7-8,13H2,1-6H3. The monoisotopic (exact) mass is 418 g/mol. The van der Waals surface area contributed by atoms with Crippen molar-refractivity contribution >= 4 is 17.9 Å². The number of aromatic hydroxyl groups is 1. The first-order valence-electron chi connectivity index (χ1n) is 9.65. The van der Waals surface area contributed by atoms with E-state index in [4.69, 9.17) is 17.0 Å². The van der Waals surface area contributed by atoms with E-state index in [1.807, 2.05) is 52.2 Å². The van der Waals surface area contributed by atoms with Crippen molar-refractivity contribution in [3.8, 4) is 11.6 Å². The van der Waals surface area contributed by atoms with Crippen molar-refractivity contribution in [1.29, 1.82) is 0 Å². The van der Waals surface area contributed by atoms with E-state index >= 15 is 0 Å². The van der Waals surface area contributed by atoms with Crippen molar-refractivity contribution in [1.82, 2.24) is 14.0 Å². The first kappa shape index (κ1) is 22.8. The summed E-state index contributed by atoms with van der Waals surface area (Å²) in [7, 11) is 5.61. The number of likely N-dealkylation sites (N-methyl/N-ethyl adjacent to an activating group) is 1. The van der Waals surface area contributed by atoms with Crippen LogP contribution in [0, 0.1) is 4.77 Å². The minimum absolute atomic E-state index is 0.0166. The minimum atomic E-state index is -0.313. The summed E-state index contributed by atoms with van der Waals surface area (Å²) in [5, 5.41) is 10.7. The molecule has 0 spiro atoms. The van der Waals surface area contributed by atoms with E-state index < -0.39 is 0 Å². The Kier molecular flexibility index (Phi) is 7.75. The molecule has 0 aliphatic rings. The Balaban J connectivity index is 2.46. The fourth-order valence-electron chi connectivity index (χ4n) is 3.26. The molecule has 1 aromatic carbocycles. The van der Waals surface area contributed by atoms with Crippen molar-refractivity contribution in [3.63, 3.8) is 0 Å². The number of methoxy groups -OCH3 is 1. The van der Waals surface area contributed by atoms with Crippen LogP contribution in [0.1, 0.15) is 37.9 Å². The number of rotatable bonds is 8. The van der Waals surface area contributed by atoms with Crippen molar-refractivity contribution in [2.75, 3.05) is 27.7 Å². The van der Waals surface area contributed by atoms with E-state index in [2.05, 4.69) is 9.89 Å². The third-order valence-corrected chi connectivity index (χ3v) is 5.46. The number of aliphatic imine (C=N–C) groups is 1. The summed E-state index contributed by atoms with van der Waals surface area (Å²) in [6.45, 7) is 6.83. The van der Waals surface area contributed by atoms with Gasteiger partial charge in [0, 0.05) is 18.8 Å². The van der Waals surface area contributed by atoms with Gasteiger partial charge in [0.2, 0.25) is 5.88 Å². The lowest BCUT2D eigenvalue weighted by atomic mass is 10.1. The maximum absolute atomic E-state index is 12.9. The van der Waals surface area contributed by atoms with E-state index in [1.165, 1.54) is 4.57 Å². The second kappa shape index (κ2) is 9.84. The number of benzene rings is 1. The average Bonchev–Trinajstić information content (AvgIpc) is 2.69. The van der Waals surface area contributed by atoms with Crippen LogP contribution in [-0.4, -0.2) is 52.6 Å². The normalized spacial score (nSPS) is 13.0. The molecule has 1 N–H and O–H groups in total. The molecular weight excluding hydrogens is 388 g/mol. The second-order valence-corrected chi connectivity index (χ2v) is 7.32. The Morgan fingerprint density at radius 2 is 1.79 bits per heavy atom. The topological polar surface area (TPSA) is 72.0 Å². The van der Waals surface area contributed by atoms with Gasteiger partial charge in [-0.25, -0.2) is 0 Å². The van der Waals surface area contributed by atoms with Gasteiger partial charge in [0.1, 0.15) is 11.3 Å². The van der Waals surface area contributed by atoms with Crippen LogP contribution in [0.4, 0.5) is 0 Å². The molecule has 1 aromatic heterocycles. The third kappa shape index (κ3) is 4.76. The molecule has 158 valence electrons. The Morgan fingerprint density at radius 3 is 2.28 bits per heavy atom. The van der Waals surface area contributed by atoms with Crippen molar-refractivity contribution in [3.05, 3.63) is 50.5 Å². The van der Waals surface area contributed by atoms with Crippen LogP contribution in [0.3, 0.4) is 0 Å². The van der Waals surface area contributed by atoms with Crippen molar-refractivity contribution in [2.24, 2.45) is 4.99 Å². The summed E-state index contributed by atoms with van der Waals surface area (Å²) < 4.78 is 8.59. The fourth-order valence-corrected chi connectivity index (χ4v) is 3.69. The highest BCUT2D eigenvalue weighted by molar-refractivity contribution is 7.71. The molecule has 2 rings (SSSR count). The van der Waals surface area contributed by atoms with Crippen LogP contribution in [0.5, 0.6) is 11.6 Å². The van der Waals surface area contributed by atoms with Gasteiger partial charge in [0.15, 0.2) is 4.77 Å². The van der Waals surface area contributed by atoms with Gasteiger partial charge in [-0.3, -0.25) is 18.9 Å². The molecule has 0 bridgehead atoms. The molecule has 8 heteroatoms. The van der Waals surface area contributed by atoms with Gasteiger partial charge >= 0.3 is 0 Å². The van der Waals surface area contributed by atoms with E-state index in [0.717, 1.165) is 11.3 Å². The zero-order chi connectivity index (χ0) is 21.7.